The van der Waals surface area contributed by atoms with Gasteiger partial charge in [-0.15, -0.1) is 0 Å². The summed E-state index contributed by atoms with van der Waals surface area (Å²) < 4.78 is 29.1. The number of carbonyl (C=O) groups is 2. The number of ether oxygens (including phenoxy) is 2. The molecule has 8 heteroatoms. The number of aryl methyl sites for hydroxylation is 2. The first-order valence-corrected chi connectivity index (χ1v) is 13.5. The van der Waals surface area contributed by atoms with Gasteiger partial charge in [-0.25, -0.2) is 9.59 Å². The second-order valence-electron chi connectivity index (χ2n) is 7.64. The fraction of sp³-hybridized carbons (Fsp3) is 0.440. The fourth-order valence-corrected chi connectivity index (χ4v) is 6.13. The predicted octanol–water partition coefficient (Wildman–Crippen LogP) is 6.46. The highest BCUT2D eigenvalue weighted by molar-refractivity contribution is 9.10. The van der Waals surface area contributed by atoms with Gasteiger partial charge >= 0.3 is 11.9 Å². The molecule has 2 aromatic rings. The molecule has 1 unspecified atom stereocenters. The van der Waals surface area contributed by atoms with Crippen LogP contribution in [-0.4, -0.2) is 38.9 Å². The molecule has 6 nitrogen and oxygen atoms in total. The van der Waals surface area contributed by atoms with Crippen LogP contribution in [0.2, 0.25) is 0 Å². The van der Waals surface area contributed by atoms with Gasteiger partial charge in [-0.2, -0.15) is 0 Å². The minimum atomic E-state index is -2.92. The van der Waals surface area contributed by atoms with Gasteiger partial charge in [-0.3, -0.25) is 4.57 Å². The van der Waals surface area contributed by atoms with E-state index in [4.69, 9.17) is 9.26 Å². The second-order valence-corrected chi connectivity index (χ2v) is 11.1. The fourth-order valence-electron chi connectivity index (χ4n) is 3.04. The summed E-state index contributed by atoms with van der Waals surface area (Å²) in [5, 5.41) is 0.616. The third-order valence-corrected chi connectivity index (χ3v) is 7.66. The molecule has 0 spiro atoms. The van der Waals surface area contributed by atoms with Crippen molar-refractivity contribution in [2.75, 3.05) is 27.0 Å². The molecule has 0 aliphatic heterocycles. The van der Waals surface area contributed by atoms with Crippen molar-refractivity contribution in [1.29, 1.82) is 0 Å². The van der Waals surface area contributed by atoms with E-state index < -0.39 is 13.3 Å². The van der Waals surface area contributed by atoms with Crippen LogP contribution in [-0.2, 0) is 18.6 Å². The Morgan fingerprint density at radius 3 is 1.88 bits per heavy atom. The standard InChI is InChI=1S/C16H25O4P.C9H9BrO2/c1-5-7-9-21(18,20-8-6-2)15-11-13(3)10-14(12-15)16(17)19-4;1-6-3-7(9(11)12-2)5-8(10)4-6/h10-12H,5-9H2,1-4H3;3-5H,1-2H3. The van der Waals surface area contributed by atoms with E-state index in [9.17, 15) is 14.2 Å². The Morgan fingerprint density at radius 2 is 1.39 bits per heavy atom. The Balaban J connectivity index is 0.000000383. The van der Waals surface area contributed by atoms with E-state index >= 15 is 0 Å². The molecule has 0 heterocycles. The van der Waals surface area contributed by atoms with Crippen molar-refractivity contribution >= 4 is 40.5 Å². The summed E-state index contributed by atoms with van der Waals surface area (Å²) in [5.41, 5.74) is 2.91. The van der Waals surface area contributed by atoms with Gasteiger partial charge in [0.15, 0.2) is 0 Å². The molecule has 0 bridgehead atoms. The highest BCUT2D eigenvalue weighted by Gasteiger charge is 2.26. The van der Waals surface area contributed by atoms with Crippen molar-refractivity contribution in [2.45, 2.75) is 47.0 Å². The van der Waals surface area contributed by atoms with E-state index in [1.54, 1.807) is 24.3 Å². The van der Waals surface area contributed by atoms with Crippen LogP contribution < -0.4 is 5.30 Å². The minimum Gasteiger partial charge on any atom is -0.465 e. The lowest BCUT2D eigenvalue weighted by Gasteiger charge is -2.19. The number of unbranched alkanes of at least 4 members (excludes halogenated alkanes) is 1. The van der Waals surface area contributed by atoms with Gasteiger partial charge in [-0.1, -0.05) is 36.2 Å². The first-order chi connectivity index (χ1) is 15.6. The number of benzene rings is 2. The van der Waals surface area contributed by atoms with Crippen LogP contribution in [0.5, 0.6) is 0 Å². The number of carbonyl (C=O) groups excluding carboxylic acids is 2. The summed E-state index contributed by atoms with van der Waals surface area (Å²) in [6.07, 6.45) is 3.11. The SMILES string of the molecule is CCCCP(=O)(OCCC)c1cc(C)cc(C(=O)OC)c1.COC(=O)c1cc(C)cc(Br)c1. The highest BCUT2D eigenvalue weighted by Crippen LogP contribution is 2.47. The molecule has 0 aliphatic rings. The van der Waals surface area contributed by atoms with Crippen molar-refractivity contribution in [3.05, 3.63) is 63.1 Å². The molecule has 0 radical (unpaired) electrons. The Hall–Kier alpha value is -1.95. The van der Waals surface area contributed by atoms with Gasteiger partial charge in [0.05, 0.1) is 32.0 Å². The Kier molecular flexibility index (Phi) is 12.6. The predicted molar refractivity (Wildman–Crippen MR) is 136 cm³/mol. The molecular formula is C25H34BrO6P. The van der Waals surface area contributed by atoms with Gasteiger partial charge in [-0.05, 0) is 74.2 Å². The van der Waals surface area contributed by atoms with E-state index in [0.29, 0.717) is 29.2 Å². The molecule has 0 N–H and O–H groups in total. The molecule has 0 aliphatic carbocycles. The maximum atomic E-state index is 13.2. The molecule has 0 amide bonds. The summed E-state index contributed by atoms with van der Waals surface area (Å²) in [6, 6.07) is 10.7. The largest absolute Gasteiger partial charge is 0.465 e. The Bertz CT molecular complexity index is 957. The average molecular weight is 541 g/mol. The summed E-state index contributed by atoms with van der Waals surface area (Å²) in [7, 11) is -0.201. The van der Waals surface area contributed by atoms with Crippen LogP contribution in [0.4, 0.5) is 0 Å². The molecule has 33 heavy (non-hydrogen) atoms. The van der Waals surface area contributed by atoms with E-state index in [1.165, 1.54) is 14.2 Å². The third kappa shape index (κ3) is 9.44. The van der Waals surface area contributed by atoms with Gasteiger partial charge in [0.25, 0.3) is 0 Å². The first-order valence-electron chi connectivity index (χ1n) is 10.9. The lowest BCUT2D eigenvalue weighted by molar-refractivity contribution is 0.0592. The third-order valence-electron chi connectivity index (χ3n) is 4.65. The van der Waals surface area contributed by atoms with E-state index in [0.717, 1.165) is 34.9 Å². The lowest BCUT2D eigenvalue weighted by atomic mass is 10.1. The smallest absolute Gasteiger partial charge is 0.337 e. The van der Waals surface area contributed by atoms with Gasteiger partial charge < -0.3 is 14.0 Å². The molecule has 0 saturated heterocycles. The zero-order valence-electron chi connectivity index (χ0n) is 20.3. The average Bonchev–Trinajstić information content (AvgIpc) is 2.79. The van der Waals surface area contributed by atoms with Crippen molar-refractivity contribution < 1.29 is 28.2 Å². The normalized spacial score (nSPS) is 12.2. The number of rotatable bonds is 9. The van der Waals surface area contributed by atoms with Crippen LogP contribution in [0.3, 0.4) is 0 Å². The number of methoxy groups -OCH3 is 2. The van der Waals surface area contributed by atoms with Crippen LogP contribution in [0, 0.1) is 13.8 Å². The Morgan fingerprint density at radius 1 is 0.848 bits per heavy atom. The first kappa shape index (κ1) is 29.1. The molecule has 182 valence electrons. The van der Waals surface area contributed by atoms with E-state index in [1.807, 2.05) is 32.9 Å². The quantitative estimate of drug-likeness (QED) is 0.268. The highest BCUT2D eigenvalue weighted by atomic mass is 79.9. The van der Waals surface area contributed by atoms with Crippen LogP contribution in [0.1, 0.15) is 65.0 Å². The maximum absolute atomic E-state index is 13.2. The molecular weight excluding hydrogens is 507 g/mol. The van der Waals surface area contributed by atoms with Gasteiger partial charge in [0.2, 0.25) is 7.37 Å². The zero-order chi connectivity index (χ0) is 25.0. The van der Waals surface area contributed by atoms with Crippen molar-refractivity contribution in [2.24, 2.45) is 0 Å². The molecule has 0 fully saturated rings. The molecule has 0 saturated carbocycles. The lowest BCUT2D eigenvalue weighted by Crippen LogP contribution is -2.15. The molecule has 2 rings (SSSR count). The van der Waals surface area contributed by atoms with Crippen molar-refractivity contribution in [1.82, 2.24) is 0 Å². The summed E-state index contributed by atoms with van der Waals surface area (Å²) >= 11 is 3.30. The summed E-state index contributed by atoms with van der Waals surface area (Å²) in [4.78, 5) is 22.8. The van der Waals surface area contributed by atoms with Gasteiger partial charge in [0.1, 0.15) is 0 Å². The zero-order valence-corrected chi connectivity index (χ0v) is 22.8. The van der Waals surface area contributed by atoms with Crippen molar-refractivity contribution in [3.8, 4) is 0 Å². The van der Waals surface area contributed by atoms with Gasteiger partial charge in [0, 0.05) is 15.9 Å². The van der Waals surface area contributed by atoms with Crippen molar-refractivity contribution in [3.63, 3.8) is 0 Å². The van der Waals surface area contributed by atoms with Crippen LogP contribution >= 0.6 is 23.3 Å². The molecule has 1 atom stereocenters. The maximum Gasteiger partial charge on any atom is 0.337 e. The second kappa shape index (κ2) is 14.3. The minimum absolute atomic E-state index is 0.306. The Labute approximate surface area is 205 Å². The summed E-state index contributed by atoms with van der Waals surface area (Å²) in [5.74, 6) is -0.725. The molecule has 2 aromatic carbocycles. The number of halogens is 1. The number of hydrogen-bond donors (Lipinski definition) is 0. The molecule has 0 aromatic heterocycles. The number of hydrogen-bond acceptors (Lipinski definition) is 6. The van der Waals surface area contributed by atoms with E-state index in [2.05, 4.69) is 27.6 Å². The van der Waals surface area contributed by atoms with Crippen LogP contribution in [0.15, 0.2) is 40.9 Å². The van der Waals surface area contributed by atoms with Crippen LogP contribution in [0.25, 0.3) is 0 Å². The summed E-state index contributed by atoms with van der Waals surface area (Å²) in [6.45, 7) is 8.31. The number of esters is 2. The monoisotopic (exact) mass is 540 g/mol. The van der Waals surface area contributed by atoms with E-state index in [-0.39, 0.29) is 5.97 Å². The topological polar surface area (TPSA) is 78.9 Å².